The molecule has 0 fully saturated rings. The summed E-state index contributed by atoms with van der Waals surface area (Å²) in [5, 5.41) is 4.50. The monoisotopic (exact) mass is 344 g/mol. The third-order valence-electron chi connectivity index (χ3n) is 4.46. The Balaban J connectivity index is 2.40. The van der Waals surface area contributed by atoms with Crippen molar-refractivity contribution < 1.29 is 0 Å². The molecule has 0 radical (unpaired) electrons. The summed E-state index contributed by atoms with van der Waals surface area (Å²) in [5.74, 6) is 1.04. The van der Waals surface area contributed by atoms with Gasteiger partial charge in [-0.2, -0.15) is 10.1 Å². The number of hydrogen-bond donors (Lipinski definition) is 0. The lowest BCUT2D eigenvalue weighted by Crippen LogP contribution is -2.37. The van der Waals surface area contributed by atoms with Crippen molar-refractivity contribution in [2.24, 2.45) is 20.0 Å². The van der Waals surface area contributed by atoms with Crippen LogP contribution < -0.4 is 11.2 Å². The van der Waals surface area contributed by atoms with Crippen molar-refractivity contribution in [3.05, 3.63) is 38.3 Å². The summed E-state index contributed by atoms with van der Waals surface area (Å²) in [6.45, 7) is 8.77. The maximum absolute atomic E-state index is 12.8. The number of aromatic nitrogens is 6. The van der Waals surface area contributed by atoms with E-state index in [1.807, 2.05) is 24.5 Å². The zero-order valence-electron chi connectivity index (χ0n) is 15.6. The number of fused-ring (bicyclic) bond motifs is 1. The number of imidazole rings is 1. The van der Waals surface area contributed by atoms with Crippen molar-refractivity contribution in [3.63, 3.8) is 0 Å². The first-order chi connectivity index (χ1) is 11.7. The molecule has 0 aliphatic carbocycles. The van der Waals surface area contributed by atoms with E-state index in [1.54, 1.807) is 11.7 Å². The minimum absolute atomic E-state index is 0.331. The van der Waals surface area contributed by atoms with Gasteiger partial charge in [-0.3, -0.25) is 13.9 Å². The van der Waals surface area contributed by atoms with Crippen molar-refractivity contribution in [3.8, 4) is 5.95 Å². The van der Waals surface area contributed by atoms with Crippen LogP contribution in [0.2, 0.25) is 0 Å². The fraction of sp³-hybridized carbons (Fsp3) is 0.529. The van der Waals surface area contributed by atoms with E-state index in [4.69, 9.17) is 0 Å². The first-order valence-corrected chi connectivity index (χ1v) is 8.42. The van der Waals surface area contributed by atoms with Crippen molar-refractivity contribution >= 4 is 11.2 Å². The molecule has 3 aromatic heterocycles. The topological polar surface area (TPSA) is 79.6 Å². The molecular formula is C17H24N6O2. The lowest BCUT2D eigenvalue weighted by atomic mass is 10.1. The van der Waals surface area contributed by atoms with Crippen LogP contribution >= 0.6 is 0 Å². The molecule has 0 aliphatic rings. The van der Waals surface area contributed by atoms with Gasteiger partial charge < -0.3 is 4.57 Å². The summed E-state index contributed by atoms with van der Waals surface area (Å²) in [6, 6.07) is 1.96. The van der Waals surface area contributed by atoms with Gasteiger partial charge in [-0.25, -0.2) is 9.48 Å². The second-order valence-corrected chi connectivity index (χ2v) is 6.96. The molecule has 0 N–H and O–H groups in total. The molecule has 134 valence electrons. The minimum Gasteiger partial charge on any atom is -0.302 e. The molecule has 0 saturated heterocycles. The molecule has 0 unspecified atom stereocenters. The predicted molar refractivity (Wildman–Crippen MR) is 96.3 cm³/mol. The maximum Gasteiger partial charge on any atom is 0.332 e. The Morgan fingerprint density at radius 1 is 1.12 bits per heavy atom. The van der Waals surface area contributed by atoms with Crippen molar-refractivity contribution in [2.45, 2.75) is 40.7 Å². The van der Waals surface area contributed by atoms with E-state index in [0.29, 0.717) is 29.6 Å². The fourth-order valence-corrected chi connectivity index (χ4v) is 3.03. The summed E-state index contributed by atoms with van der Waals surface area (Å²) in [6.07, 6.45) is 0.893. The molecule has 8 heteroatoms. The average molecular weight is 344 g/mol. The Labute approximate surface area is 145 Å². The Kier molecular flexibility index (Phi) is 4.14. The van der Waals surface area contributed by atoms with Crippen LogP contribution in [0.1, 0.15) is 31.7 Å². The van der Waals surface area contributed by atoms with E-state index in [1.165, 1.54) is 11.6 Å². The van der Waals surface area contributed by atoms with Crippen LogP contribution in [0.25, 0.3) is 17.1 Å². The summed E-state index contributed by atoms with van der Waals surface area (Å²) in [7, 11) is 3.13. The van der Waals surface area contributed by atoms with Gasteiger partial charge in [0.15, 0.2) is 11.2 Å². The molecule has 0 amide bonds. The van der Waals surface area contributed by atoms with Gasteiger partial charge in [0.2, 0.25) is 5.95 Å². The number of rotatable bonds is 4. The molecular weight excluding hydrogens is 320 g/mol. The van der Waals surface area contributed by atoms with E-state index in [2.05, 4.69) is 23.9 Å². The van der Waals surface area contributed by atoms with Gasteiger partial charge in [0.25, 0.3) is 5.56 Å². The molecule has 8 nitrogen and oxygen atoms in total. The van der Waals surface area contributed by atoms with Gasteiger partial charge in [-0.05, 0) is 32.3 Å². The molecule has 3 heterocycles. The van der Waals surface area contributed by atoms with Crippen LogP contribution in [0.3, 0.4) is 0 Å². The standard InChI is InChI=1S/C17H24N6O2/c1-10(2)7-8-22-13-14(20(5)17(25)21(6)15(13)24)18-16(22)23-12(4)9-11(3)19-23/h9-10H,7-8H2,1-6H3. The van der Waals surface area contributed by atoms with E-state index in [0.717, 1.165) is 22.4 Å². The lowest BCUT2D eigenvalue weighted by molar-refractivity contribution is 0.512. The normalized spacial score (nSPS) is 11.8. The largest absolute Gasteiger partial charge is 0.332 e. The van der Waals surface area contributed by atoms with Crippen molar-refractivity contribution in [1.82, 2.24) is 28.5 Å². The number of hydrogen-bond acceptors (Lipinski definition) is 4. The highest BCUT2D eigenvalue weighted by molar-refractivity contribution is 5.72. The number of aryl methyl sites for hydroxylation is 4. The Morgan fingerprint density at radius 3 is 2.36 bits per heavy atom. The number of nitrogens with zero attached hydrogens (tertiary/aromatic N) is 6. The van der Waals surface area contributed by atoms with Crippen LogP contribution in [-0.2, 0) is 20.6 Å². The minimum atomic E-state index is -0.383. The van der Waals surface area contributed by atoms with Crippen molar-refractivity contribution in [1.29, 1.82) is 0 Å². The van der Waals surface area contributed by atoms with E-state index >= 15 is 0 Å². The van der Waals surface area contributed by atoms with Crippen LogP contribution in [0.15, 0.2) is 15.7 Å². The third kappa shape index (κ3) is 2.71. The highest BCUT2D eigenvalue weighted by Gasteiger charge is 2.21. The van der Waals surface area contributed by atoms with E-state index in [-0.39, 0.29) is 11.2 Å². The van der Waals surface area contributed by atoms with Crippen LogP contribution in [0, 0.1) is 19.8 Å². The van der Waals surface area contributed by atoms with Gasteiger partial charge in [0, 0.05) is 26.3 Å². The highest BCUT2D eigenvalue weighted by Crippen LogP contribution is 2.18. The molecule has 0 bridgehead atoms. The zero-order chi connectivity index (χ0) is 18.5. The van der Waals surface area contributed by atoms with Crippen molar-refractivity contribution in [2.75, 3.05) is 0 Å². The summed E-state index contributed by atoms with van der Waals surface area (Å²) < 4.78 is 6.16. The van der Waals surface area contributed by atoms with Gasteiger partial charge in [-0.15, -0.1) is 0 Å². The zero-order valence-corrected chi connectivity index (χ0v) is 15.6. The Morgan fingerprint density at radius 2 is 1.80 bits per heavy atom. The summed E-state index contributed by atoms with van der Waals surface area (Å²) in [5.41, 5.74) is 1.92. The van der Waals surface area contributed by atoms with Crippen LogP contribution in [-0.4, -0.2) is 28.5 Å². The summed E-state index contributed by atoms with van der Waals surface area (Å²) in [4.78, 5) is 29.6. The predicted octanol–water partition coefficient (Wildman–Crippen LogP) is 1.28. The second-order valence-electron chi connectivity index (χ2n) is 6.96. The SMILES string of the molecule is Cc1cc(C)n(-c2nc3c(c(=O)n(C)c(=O)n3C)n2CCC(C)C)n1. The average Bonchev–Trinajstić information content (AvgIpc) is 3.08. The highest BCUT2D eigenvalue weighted by atomic mass is 16.2. The Bertz CT molecular complexity index is 1060. The van der Waals surface area contributed by atoms with Crippen LogP contribution in [0.4, 0.5) is 0 Å². The van der Waals surface area contributed by atoms with Gasteiger partial charge in [-0.1, -0.05) is 13.8 Å². The first-order valence-electron chi connectivity index (χ1n) is 8.42. The molecule has 3 aromatic rings. The molecule has 0 saturated carbocycles. The molecule has 0 aromatic carbocycles. The second kappa shape index (κ2) is 6.02. The van der Waals surface area contributed by atoms with E-state index in [9.17, 15) is 9.59 Å². The van der Waals surface area contributed by atoms with Gasteiger partial charge in [0.05, 0.1) is 5.69 Å². The first kappa shape index (κ1) is 17.2. The van der Waals surface area contributed by atoms with Gasteiger partial charge >= 0.3 is 5.69 Å². The quantitative estimate of drug-likeness (QED) is 0.714. The lowest BCUT2D eigenvalue weighted by Gasteiger charge is -2.11. The van der Waals surface area contributed by atoms with E-state index < -0.39 is 0 Å². The molecule has 3 rings (SSSR count). The third-order valence-corrected chi connectivity index (χ3v) is 4.46. The van der Waals surface area contributed by atoms with Crippen LogP contribution in [0.5, 0.6) is 0 Å². The molecule has 0 spiro atoms. The molecule has 0 atom stereocenters. The fourth-order valence-electron chi connectivity index (χ4n) is 3.03. The maximum atomic E-state index is 12.8. The Hall–Kier alpha value is -2.64. The molecule has 25 heavy (non-hydrogen) atoms. The summed E-state index contributed by atoms with van der Waals surface area (Å²) >= 11 is 0. The van der Waals surface area contributed by atoms with Gasteiger partial charge in [0.1, 0.15) is 0 Å². The molecule has 0 aliphatic heterocycles. The smallest absolute Gasteiger partial charge is 0.302 e.